The van der Waals surface area contributed by atoms with E-state index in [1.54, 1.807) is 25.6 Å². The molecule has 1 aromatic carbocycles. The van der Waals surface area contributed by atoms with Gasteiger partial charge in [0.1, 0.15) is 0 Å². The first-order valence-electron chi connectivity index (χ1n) is 7.09. The van der Waals surface area contributed by atoms with Crippen LogP contribution >= 0.6 is 11.3 Å². The van der Waals surface area contributed by atoms with Crippen LogP contribution in [0.2, 0.25) is 0 Å². The first kappa shape index (κ1) is 13.5. The summed E-state index contributed by atoms with van der Waals surface area (Å²) in [6, 6.07) is 4.52. The highest BCUT2D eigenvalue weighted by molar-refractivity contribution is 7.22. The van der Waals surface area contributed by atoms with Crippen molar-refractivity contribution >= 4 is 26.7 Å². The van der Waals surface area contributed by atoms with Crippen LogP contribution in [0.25, 0.3) is 10.2 Å². The van der Waals surface area contributed by atoms with Gasteiger partial charge in [-0.2, -0.15) is 0 Å². The van der Waals surface area contributed by atoms with Crippen LogP contribution in [0.5, 0.6) is 11.5 Å². The molecule has 2 aromatic rings. The Morgan fingerprint density at radius 3 is 2.50 bits per heavy atom. The van der Waals surface area contributed by atoms with Crippen LogP contribution in [0, 0.1) is 0 Å². The molecule has 0 bridgehead atoms. The number of anilines is 1. The van der Waals surface area contributed by atoms with Crippen LogP contribution in [0.1, 0.15) is 32.1 Å². The van der Waals surface area contributed by atoms with Gasteiger partial charge in [-0.15, -0.1) is 0 Å². The SMILES string of the molecule is COc1cc2nc(NC3CCCCC3)sc2cc1OC. The molecule has 1 aliphatic carbocycles. The van der Waals surface area contributed by atoms with Gasteiger partial charge in [0.2, 0.25) is 0 Å². The summed E-state index contributed by atoms with van der Waals surface area (Å²) in [5.74, 6) is 1.49. The van der Waals surface area contributed by atoms with Crippen molar-refractivity contribution < 1.29 is 9.47 Å². The lowest BCUT2D eigenvalue weighted by atomic mass is 9.96. The predicted molar refractivity (Wildman–Crippen MR) is 83.2 cm³/mol. The Balaban J connectivity index is 1.85. The zero-order valence-corrected chi connectivity index (χ0v) is 12.8. The fourth-order valence-electron chi connectivity index (χ4n) is 2.74. The first-order chi connectivity index (χ1) is 9.80. The zero-order valence-electron chi connectivity index (χ0n) is 11.9. The number of ether oxygens (including phenoxy) is 2. The van der Waals surface area contributed by atoms with E-state index in [1.165, 1.54) is 32.1 Å². The molecular formula is C15H20N2O2S. The topological polar surface area (TPSA) is 43.4 Å². The molecule has 0 unspecified atom stereocenters. The number of thiazole rings is 1. The fraction of sp³-hybridized carbons (Fsp3) is 0.533. The molecule has 1 aliphatic rings. The Kier molecular flexibility index (Phi) is 3.96. The molecule has 108 valence electrons. The Morgan fingerprint density at radius 2 is 1.80 bits per heavy atom. The molecule has 0 saturated heterocycles. The summed E-state index contributed by atoms with van der Waals surface area (Å²) in [5, 5.41) is 4.57. The number of fused-ring (bicyclic) bond motifs is 1. The summed E-state index contributed by atoms with van der Waals surface area (Å²) in [7, 11) is 3.31. The van der Waals surface area contributed by atoms with Crippen molar-refractivity contribution in [1.29, 1.82) is 0 Å². The van der Waals surface area contributed by atoms with Crippen molar-refractivity contribution in [3.05, 3.63) is 12.1 Å². The third kappa shape index (κ3) is 2.68. The highest BCUT2D eigenvalue weighted by Gasteiger charge is 2.16. The molecular weight excluding hydrogens is 272 g/mol. The van der Waals surface area contributed by atoms with Gasteiger partial charge < -0.3 is 14.8 Å². The van der Waals surface area contributed by atoms with Gasteiger partial charge in [0.15, 0.2) is 16.6 Å². The molecule has 0 aliphatic heterocycles. The number of rotatable bonds is 4. The summed E-state index contributed by atoms with van der Waals surface area (Å²) in [4.78, 5) is 4.66. The van der Waals surface area contributed by atoms with E-state index in [-0.39, 0.29) is 0 Å². The van der Waals surface area contributed by atoms with Gasteiger partial charge in [0, 0.05) is 18.2 Å². The van der Waals surface area contributed by atoms with E-state index in [2.05, 4.69) is 10.3 Å². The molecule has 0 radical (unpaired) electrons. The third-order valence-corrected chi connectivity index (χ3v) is 4.78. The molecule has 3 rings (SSSR count). The summed E-state index contributed by atoms with van der Waals surface area (Å²) in [6.45, 7) is 0. The maximum Gasteiger partial charge on any atom is 0.184 e. The van der Waals surface area contributed by atoms with Crippen LogP contribution in [0.15, 0.2) is 12.1 Å². The number of nitrogens with zero attached hydrogens (tertiary/aromatic N) is 1. The van der Waals surface area contributed by atoms with Crippen molar-refractivity contribution in [2.24, 2.45) is 0 Å². The Hall–Kier alpha value is -1.49. The molecule has 0 spiro atoms. The largest absolute Gasteiger partial charge is 0.493 e. The third-order valence-electron chi connectivity index (χ3n) is 3.83. The molecule has 1 fully saturated rings. The quantitative estimate of drug-likeness (QED) is 0.923. The standard InChI is InChI=1S/C15H20N2O2S/c1-18-12-8-11-14(9-13(12)19-2)20-15(17-11)16-10-6-4-3-5-7-10/h8-10H,3-7H2,1-2H3,(H,16,17). The van der Waals surface area contributed by atoms with E-state index >= 15 is 0 Å². The van der Waals surface area contributed by atoms with Gasteiger partial charge in [-0.1, -0.05) is 30.6 Å². The van der Waals surface area contributed by atoms with Crippen molar-refractivity contribution in [2.45, 2.75) is 38.1 Å². The summed E-state index contributed by atoms with van der Waals surface area (Å²) >= 11 is 1.68. The van der Waals surface area contributed by atoms with Gasteiger partial charge in [0.05, 0.1) is 24.4 Å². The van der Waals surface area contributed by atoms with E-state index in [9.17, 15) is 0 Å². The lowest BCUT2D eigenvalue weighted by Gasteiger charge is -2.22. The number of hydrogen-bond donors (Lipinski definition) is 1. The molecule has 1 saturated carbocycles. The average molecular weight is 292 g/mol. The highest BCUT2D eigenvalue weighted by Crippen LogP contribution is 2.36. The smallest absolute Gasteiger partial charge is 0.184 e. The second-order valence-corrected chi connectivity index (χ2v) is 6.20. The molecule has 5 heteroatoms. The number of nitrogens with one attached hydrogen (secondary N) is 1. The molecule has 20 heavy (non-hydrogen) atoms. The monoisotopic (exact) mass is 292 g/mol. The average Bonchev–Trinajstić information content (AvgIpc) is 2.87. The second-order valence-electron chi connectivity index (χ2n) is 5.17. The summed E-state index contributed by atoms with van der Waals surface area (Å²) in [6.07, 6.45) is 6.52. The summed E-state index contributed by atoms with van der Waals surface area (Å²) in [5.41, 5.74) is 0.964. The van der Waals surface area contributed by atoms with E-state index in [4.69, 9.17) is 9.47 Å². The first-order valence-corrected chi connectivity index (χ1v) is 7.91. The van der Waals surface area contributed by atoms with Crippen molar-refractivity contribution in [3.63, 3.8) is 0 Å². The van der Waals surface area contributed by atoms with E-state index in [0.717, 1.165) is 26.8 Å². The molecule has 1 heterocycles. The minimum absolute atomic E-state index is 0.577. The van der Waals surface area contributed by atoms with E-state index < -0.39 is 0 Å². The van der Waals surface area contributed by atoms with Gasteiger partial charge in [0.25, 0.3) is 0 Å². The molecule has 1 aromatic heterocycles. The minimum Gasteiger partial charge on any atom is -0.493 e. The lowest BCUT2D eigenvalue weighted by Crippen LogP contribution is -2.21. The second kappa shape index (κ2) is 5.87. The molecule has 1 N–H and O–H groups in total. The molecule has 0 atom stereocenters. The fourth-order valence-corrected chi connectivity index (χ4v) is 3.69. The maximum absolute atomic E-state index is 5.34. The maximum atomic E-state index is 5.34. The normalized spacial score (nSPS) is 16.3. The van der Waals surface area contributed by atoms with Crippen LogP contribution < -0.4 is 14.8 Å². The lowest BCUT2D eigenvalue weighted by molar-refractivity contribution is 0.356. The van der Waals surface area contributed by atoms with Crippen molar-refractivity contribution in [2.75, 3.05) is 19.5 Å². The zero-order chi connectivity index (χ0) is 13.9. The van der Waals surface area contributed by atoms with Crippen LogP contribution in [0.3, 0.4) is 0 Å². The molecule has 0 amide bonds. The van der Waals surface area contributed by atoms with Gasteiger partial charge >= 0.3 is 0 Å². The van der Waals surface area contributed by atoms with Crippen LogP contribution in [-0.4, -0.2) is 25.2 Å². The van der Waals surface area contributed by atoms with E-state index in [0.29, 0.717) is 6.04 Å². The van der Waals surface area contributed by atoms with Crippen LogP contribution in [0.4, 0.5) is 5.13 Å². The number of benzene rings is 1. The number of hydrogen-bond acceptors (Lipinski definition) is 5. The molecule has 4 nitrogen and oxygen atoms in total. The van der Waals surface area contributed by atoms with Gasteiger partial charge in [-0.05, 0) is 12.8 Å². The van der Waals surface area contributed by atoms with Crippen molar-refractivity contribution in [1.82, 2.24) is 4.98 Å². The minimum atomic E-state index is 0.577. The highest BCUT2D eigenvalue weighted by atomic mass is 32.1. The van der Waals surface area contributed by atoms with Crippen molar-refractivity contribution in [3.8, 4) is 11.5 Å². The Morgan fingerprint density at radius 1 is 1.10 bits per heavy atom. The summed E-state index contributed by atoms with van der Waals surface area (Å²) < 4.78 is 11.8. The van der Waals surface area contributed by atoms with Crippen LogP contribution in [-0.2, 0) is 0 Å². The Labute approximate surface area is 123 Å². The van der Waals surface area contributed by atoms with Gasteiger partial charge in [-0.3, -0.25) is 0 Å². The van der Waals surface area contributed by atoms with E-state index in [1.807, 2.05) is 12.1 Å². The predicted octanol–water partition coefficient (Wildman–Crippen LogP) is 4.06. The Bertz CT molecular complexity index is 550. The number of aromatic nitrogens is 1. The van der Waals surface area contributed by atoms with Gasteiger partial charge in [-0.25, -0.2) is 4.98 Å². The number of methoxy groups -OCH3 is 2.